The third-order valence-electron chi connectivity index (χ3n) is 5.08. The zero-order chi connectivity index (χ0) is 17.4. The van der Waals surface area contributed by atoms with Crippen LogP contribution in [0.4, 0.5) is 0 Å². The Morgan fingerprint density at radius 1 is 0.960 bits per heavy atom. The second kappa shape index (κ2) is 6.24. The standard InChI is InChI=1S/C20H19NO3S/c22-19-12-11-17-20(25(23,24)16-9-5-2-6-10-16)13-18(19)21(17)14-15-7-3-1-4-8-15/h1-12,17-18,20H,13-14H2/t17-,18-,20-/m0/s1. The zero-order valence-electron chi connectivity index (χ0n) is 13.7. The van der Waals surface area contributed by atoms with Crippen LogP contribution in [0.1, 0.15) is 12.0 Å². The summed E-state index contributed by atoms with van der Waals surface area (Å²) in [6.07, 6.45) is 3.66. The van der Waals surface area contributed by atoms with E-state index in [1.54, 1.807) is 42.5 Å². The third kappa shape index (κ3) is 2.83. The van der Waals surface area contributed by atoms with Gasteiger partial charge in [-0.2, -0.15) is 0 Å². The maximum Gasteiger partial charge on any atom is 0.183 e. The van der Waals surface area contributed by atoms with Crippen molar-refractivity contribution in [2.45, 2.75) is 35.2 Å². The van der Waals surface area contributed by atoms with Crippen molar-refractivity contribution in [3.05, 3.63) is 78.4 Å². The number of rotatable bonds is 4. The van der Waals surface area contributed by atoms with E-state index in [1.807, 2.05) is 35.2 Å². The third-order valence-corrected chi connectivity index (χ3v) is 7.28. The fourth-order valence-electron chi connectivity index (χ4n) is 3.84. The van der Waals surface area contributed by atoms with Gasteiger partial charge in [0.25, 0.3) is 0 Å². The number of carbonyl (C=O) groups excluding carboxylic acids is 1. The van der Waals surface area contributed by atoms with Gasteiger partial charge in [-0.05, 0) is 30.2 Å². The molecule has 5 heteroatoms. The maximum absolute atomic E-state index is 13.1. The van der Waals surface area contributed by atoms with Gasteiger partial charge in [-0.3, -0.25) is 9.69 Å². The molecule has 0 saturated carbocycles. The molecule has 0 N–H and O–H groups in total. The molecule has 2 aliphatic rings. The van der Waals surface area contributed by atoms with Crippen LogP contribution in [0.5, 0.6) is 0 Å². The normalized spacial score (nSPS) is 26.1. The van der Waals surface area contributed by atoms with Gasteiger partial charge < -0.3 is 0 Å². The van der Waals surface area contributed by atoms with Crippen LogP contribution in [0.2, 0.25) is 0 Å². The van der Waals surface area contributed by atoms with Gasteiger partial charge in [0.2, 0.25) is 0 Å². The van der Waals surface area contributed by atoms with Crippen molar-refractivity contribution in [1.82, 2.24) is 4.90 Å². The van der Waals surface area contributed by atoms with Crippen LogP contribution in [-0.4, -0.2) is 36.4 Å². The van der Waals surface area contributed by atoms with Crippen LogP contribution in [-0.2, 0) is 21.2 Å². The van der Waals surface area contributed by atoms with Gasteiger partial charge in [-0.15, -0.1) is 0 Å². The van der Waals surface area contributed by atoms with Crippen molar-refractivity contribution in [3.8, 4) is 0 Å². The Morgan fingerprint density at radius 2 is 1.60 bits per heavy atom. The number of hydrogen-bond donors (Lipinski definition) is 0. The molecule has 0 aliphatic carbocycles. The minimum atomic E-state index is -3.49. The highest BCUT2D eigenvalue weighted by molar-refractivity contribution is 7.92. The van der Waals surface area contributed by atoms with Gasteiger partial charge in [0.1, 0.15) is 0 Å². The van der Waals surface area contributed by atoms with Crippen LogP contribution in [0, 0.1) is 0 Å². The van der Waals surface area contributed by atoms with E-state index >= 15 is 0 Å². The fraction of sp³-hybridized carbons (Fsp3) is 0.250. The number of benzene rings is 2. The van der Waals surface area contributed by atoms with Crippen molar-refractivity contribution >= 4 is 15.6 Å². The molecular weight excluding hydrogens is 334 g/mol. The highest BCUT2D eigenvalue weighted by Crippen LogP contribution is 2.37. The summed E-state index contributed by atoms with van der Waals surface area (Å²) in [6.45, 7) is 0.576. The molecule has 3 atom stereocenters. The van der Waals surface area contributed by atoms with E-state index in [9.17, 15) is 13.2 Å². The summed E-state index contributed by atoms with van der Waals surface area (Å²) < 4.78 is 26.2. The smallest absolute Gasteiger partial charge is 0.183 e. The lowest BCUT2D eigenvalue weighted by Gasteiger charge is -2.31. The summed E-state index contributed by atoms with van der Waals surface area (Å²) in [7, 11) is -3.49. The van der Waals surface area contributed by atoms with Gasteiger partial charge >= 0.3 is 0 Å². The molecule has 0 spiro atoms. The number of ketones is 1. The Kier molecular flexibility index (Phi) is 4.06. The average molecular weight is 353 g/mol. The molecule has 2 aliphatic heterocycles. The zero-order valence-corrected chi connectivity index (χ0v) is 14.5. The Morgan fingerprint density at radius 3 is 2.28 bits per heavy atom. The lowest BCUT2D eigenvalue weighted by atomic mass is 10.1. The molecule has 2 heterocycles. The molecule has 4 nitrogen and oxygen atoms in total. The second-order valence-electron chi connectivity index (χ2n) is 6.56. The van der Waals surface area contributed by atoms with E-state index in [0.717, 1.165) is 5.56 Å². The molecule has 25 heavy (non-hydrogen) atoms. The van der Waals surface area contributed by atoms with Gasteiger partial charge in [0.15, 0.2) is 15.6 Å². The van der Waals surface area contributed by atoms with Crippen molar-refractivity contribution in [2.24, 2.45) is 0 Å². The molecule has 0 amide bonds. The van der Waals surface area contributed by atoms with Crippen LogP contribution >= 0.6 is 0 Å². The summed E-state index contributed by atoms with van der Waals surface area (Å²) in [5, 5.41) is -0.591. The lowest BCUT2D eigenvalue weighted by molar-refractivity contribution is -0.119. The molecule has 0 unspecified atom stereocenters. The first-order valence-electron chi connectivity index (χ1n) is 8.38. The minimum Gasteiger partial charge on any atom is -0.293 e. The Balaban J connectivity index is 1.68. The molecule has 1 fully saturated rings. The van der Waals surface area contributed by atoms with Gasteiger partial charge in [0, 0.05) is 12.6 Å². The van der Waals surface area contributed by atoms with Gasteiger partial charge in [-0.1, -0.05) is 54.6 Å². The first-order chi connectivity index (χ1) is 12.1. The fourth-order valence-corrected chi connectivity index (χ4v) is 5.78. The highest BCUT2D eigenvalue weighted by Gasteiger charge is 2.50. The molecule has 1 saturated heterocycles. The van der Waals surface area contributed by atoms with Crippen LogP contribution < -0.4 is 0 Å². The Labute approximate surface area is 147 Å². The minimum absolute atomic E-state index is 0.00190. The molecule has 2 bridgehead atoms. The molecular formula is C20H19NO3S. The van der Waals surface area contributed by atoms with E-state index in [2.05, 4.69) is 0 Å². The SMILES string of the molecule is O=C1C=C[C@H]2[C@@H](S(=O)(=O)c3ccccc3)C[C@@H]1N2Cc1ccccc1. The monoisotopic (exact) mass is 353 g/mol. The van der Waals surface area contributed by atoms with E-state index in [0.29, 0.717) is 17.9 Å². The molecule has 2 aromatic carbocycles. The quantitative estimate of drug-likeness (QED) is 0.848. The number of carbonyl (C=O) groups is 1. The summed E-state index contributed by atoms with van der Waals surface area (Å²) in [5.41, 5.74) is 1.08. The van der Waals surface area contributed by atoms with E-state index in [-0.39, 0.29) is 17.9 Å². The molecule has 0 aromatic heterocycles. The molecule has 128 valence electrons. The van der Waals surface area contributed by atoms with Crippen molar-refractivity contribution in [2.75, 3.05) is 0 Å². The predicted octanol–water partition coefficient (Wildman–Crippen LogP) is 2.61. The Bertz CT molecular complexity index is 906. The first kappa shape index (κ1) is 16.2. The van der Waals surface area contributed by atoms with Crippen molar-refractivity contribution < 1.29 is 13.2 Å². The maximum atomic E-state index is 13.1. The lowest BCUT2D eigenvalue weighted by Crippen LogP contribution is -2.44. The van der Waals surface area contributed by atoms with E-state index in [4.69, 9.17) is 0 Å². The van der Waals surface area contributed by atoms with Crippen molar-refractivity contribution in [3.63, 3.8) is 0 Å². The first-order valence-corrected chi connectivity index (χ1v) is 9.92. The largest absolute Gasteiger partial charge is 0.293 e. The van der Waals surface area contributed by atoms with E-state index in [1.165, 1.54) is 0 Å². The van der Waals surface area contributed by atoms with Crippen LogP contribution in [0.25, 0.3) is 0 Å². The predicted molar refractivity (Wildman–Crippen MR) is 95.7 cm³/mol. The van der Waals surface area contributed by atoms with Crippen LogP contribution in [0.15, 0.2) is 77.7 Å². The second-order valence-corrected chi connectivity index (χ2v) is 8.72. The molecule has 2 aromatic rings. The topological polar surface area (TPSA) is 54.5 Å². The number of hydrogen-bond acceptors (Lipinski definition) is 4. The Hall–Kier alpha value is -2.24. The van der Waals surface area contributed by atoms with Crippen molar-refractivity contribution in [1.29, 1.82) is 0 Å². The van der Waals surface area contributed by atoms with E-state index < -0.39 is 15.1 Å². The van der Waals surface area contributed by atoms with Gasteiger partial charge in [-0.25, -0.2) is 8.42 Å². The number of nitrogens with zero attached hydrogens (tertiary/aromatic N) is 1. The molecule has 0 radical (unpaired) electrons. The summed E-state index contributed by atoms with van der Waals surface area (Å²) >= 11 is 0. The number of sulfone groups is 1. The summed E-state index contributed by atoms with van der Waals surface area (Å²) in [6, 6.07) is 17.8. The molecule has 4 rings (SSSR count). The summed E-state index contributed by atoms with van der Waals surface area (Å²) in [4.78, 5) is 14.7. The van der Waals surface area contributed by atoms with Gasteiger partial charge in [0.05, 0.1) is 16.2 Å². The van der Waals surface area contributed by atoms with Crippen LogP contribution in [0.3, 0.4) is 0 Å². The highest BCUT2D eigenvalue weighted by atomic mass is 32.2. The summed E-state index contributed by atoms with van der Waals surface area (Å²) in [5.74, 6) is -0.00190. The average Bonchev–Trinajstić information content (AvgIpc) is 2.90. The number of fused-ring (bicyclic) bond motifs is 2.